The van der Waals surface area contributed by atoms with Gasteiger partial charge in [0.15, 0.2) is 9.84 Å². The van der Waals surface area contributed by atoms with Gasteiger partial charge in [0.25, 0.3) is 19.9 Å². The number of hydrogen-bond donors (Lipinski definition) is 3. The van der Waals surface area contributed by atoms with Crippen molar-refractivity contribution < 1.29 is 52.7 Å². The minimum atomic E-state index is -6.09. The van der Waals surface area contributed by atoms with Gasteiger partial charge in [0, 0.05) is 95.1 Å². The molecule has 0 unspecified atom stereocenters. The van der Waals surface area contributed by atoms with Crippen molar-refractivity contribution in [2.24, 2.45) is 5.92 Å². The number of likely N-dealkylation sites (tertiary alicyclic amines) is 1. The van der Waals surface area contributed by atoms with Crippen LogP contribution in [0.1, 0.15) is 44.8 Å². The smallest absolute Gasteiger partial charge is 0.481 e. The molecule has 2 saturated heterocycles. The van der Waals surface area contributed by atoms with Crippen LogP contribution in [0.4, 0.5) is 40.3 Å². The first kappa shape index (κ1) is 57.4. The average Bonchev–Trinajstić information content (AvgIpc) is 3.80. The second-order valence-corrected chi connectivity index (χ2v) is 26.6. The number of nitrogens with zero attached hydrogens (tertiary/aromatic N) is 4. The van der Waals surface area contributed by atoms with Gasteiger partial charge < -0.3 is 29.7 Å². The number of anilines is 4. The van der Waals surface area contributed by atoms with Gasteiger partial charge in [0.05, 0.1) is 27.1 Å². The number of aromatic nitrogens is 1. The molecule has 0 saturated carbocycles. The number of hydrogen-bond acceptors (Lipinski definition) is 12. The lowest BCUT2D eigenvalue weighted by Crippen LogP contribution is -2.46. The molecule has 2 aliphatic rings. The maximum atomic E-state index is 15.8. The van der Waals surface area contributed by atoms with Crippen LogP contribution in [-0.4, -0.2) is 115 Å². The highest BCUT2D eigenvalue weighted by molar-refractivity contribution is 7.99. The molecule has 0 radical (unpaired) electrons. The van der Waals surface area contributed by atoms with E-state index < -0.39 is 74.4 Å². The lowest BCUT2D eigenvalue weighted by molar-refractivity contribution is -0.143. The average molecular weight is 1160 g/mol. The number of sulfone groups is 2. The third-order valence-electron chi connectivity index (χ3n) is 13.8. The van der Waals surface area contributed by atoms with Crippen molar-refractivity contribution in [1.29, 1.82) is 0 Å². The first-order valence-electron chi connectivity index (χ1n) is 24.8. The van der Waals surface area contributed by atoms with E-state index in [4.69, 9.17) is 11.6 Å². The fourth-order valence-electron chi connectivity index (χ4n) is 10.0. The highest BCUT2D eigenvalue weighted by atomic mass is 35.5. The van der Waals surface area contributed by atoms with Crippen molar-refractivity contribution in [3.05, 3.63) is 132 Å². The van der Waals surface area contributed by atoms with Gasteiger partial charge in [-0.05, 0) is 149 Å². The maximum absolute atomic E-state index is 15.8. The fraction of sp³-hybridized carbons (Fsp3) is 0.352. The molecular weight excluding hydrogens is 1100 g/mol. The number of thioether (sulfide) groups is 1. The molecule has 0 aliphatic carbocycles. The Balaban J connectivity index is 0.982. The van der Waals surface area contributed by atoms with E-state index in [1.54, 1.807) is 49.4 Å². The Morgan fingerprint density at radius 2 is 1.42 bits per heavy atom. The molecule has 1 atom stereocenters. The summed E-state index contributed by atoms with van der Waals surface area (Å²) in [6, 6.07) is 28.9. The Morgan fingerprint density at radius 1 is 0.792 bits per heavy atom. The Bertz CT molecular complexity index is 3440. The van der Waals surface area contributed by atoms with Crippen molar-refractivity contribution >= 4 is 81.8 Å². The molecule has 23 heteroatoms. The number of rotatable bonds is 19. The number of alkyl halides is 3. The van der Waals surface area contributed by atoms with Crippen LogP contribution >= 0.6 is 23.4 Å². The van der Waals surface area contributed by atoms with Gasteiger partial charge in [-0.25, -0.2) is 29.6 Å². The topological polar surface area (TPSA) is 178 Å². The van der Waals surface area contributed by atoms with E-state index in [0.717, 1.165) is 23.3 Å². The van der Waals surface area contributed by atoms with Crippen molar-refractivity contribution in [1.82, 2.24) is 9.47 Å². The summed E-state index contributed by atoms with van der Waals surface area (Å²) in [6.07, 6.45) is 2.37. The van der Waals surface area contributed by atoms with Gasteiger partial charge in [-0.2, -0.15) is 13.2 Å². The zero-order chi connectivity index (χ0) is 55.6. The minimum Gasteiger partial charge on any atom is -0.481 e. The summed E-state index contributed by atoms with van der Waals surface area (Å²) in [6.45, 7) is 8.87. The van der Waals surface area contributed by atoms with Crippen LogP contribution in [0.2, 0.25) is 5.02 Å². The second-order valence-electron chi connectivity index (χ2n) is 19.5. The number of halogens is 5. The SMILES string of the molecule is Cc1c(S(C)(=O)=O)c(-c2cc(F)cc(N3CCN(c4ccc(NS(=O)(=O)c5ccc(N[C@H](CCN6CCC(C(=O)O)CC6)CSc6ccccc6)c(S(=O)(=O)C(F)(F)F)c5)cc4)CC3)c2)c(-c2ccc(Cl)cc2)n1C(C)C. The van der Waals surface area contributed by atoms with E-state index in [1.165, 1.54) is 36.0 Å². The van der Waals surface area contributed by atoms with Crippen molar-refractivity contribution in [2.45, 2.75) is 77.2 Å². The zero-order valence-corrected chi connectivity index (χ0v) is 46.6. The van der Waals surface area contributed by atoms with Crippen molar-refractivity contribution in [2.75, 3.05) is 77.7 Å². The van der Waals surface area contributed by atoms with Crippen LogP contribution in [0.25, 0.3) is 22.4 Å². The number of carbonyl (C=O) groups is 1. The molecular formula is C54H59ClF4N6O8S4. The maximum Gasteiger partial charge on any atom is 0.501 e. The molecule has 77 heavy (non-hydrogen) atoms. The monoisotopic (exact) mass is 1160 g/mol. The zero-order valence-electron chi connectivity index (χ0n) is 42.6. The van der Waals surface area contributed by atoms with E-state index in [-0.39, 0.29) is 16.6 Å². The highest BCUT2D eigenvalue weighted by Crippen LogP contribution is 2.45. The van der Waals surface area contributed by atoms with Gasteiger partial charge in [-0.3, -0.25) is 9.52 Å². The predicted molar refractivity (Wildman–Crippen MR) is 296 cm³/mol. The van der Waals surface area contributed by atoms with Gasteiger partial charge in [0.1, 0.15) is 10.7 Å². The molecule has 6 aromatic rings. The summed E-state index contributed by atoms with van der Waals surface area (Å²) in [5.41, 5.74) is -2.26. The number of aliphatic carboxylic acids is 1. The molecule has 0 bridgehead atoms. The van der Waals surface area contributed by atoms with E-state index in [0.29, 0.717) is 121 Å². The molecule has 2 fully saturated rings. The summed E-state index contributed by atoms with van der Waals surface area (Å²) in [4.78, 5) is 16.6. The van der Waals surface area contributed by atoms with Crippen LogP contribution in [0.5, 0.6) is 0 Å². The molecule has 0 spiro atoms. The first-order chi connectivity index (χ1) is 36.3. The van der Waals surface area contributed by atoms with E-state index in [1.807, 2.05) is 58.5 Å². The molecule has 2 aliphatic heterocycles. The molecule has 1 aromatic heterocycles. The Kier molecular flexibility index (Phi) is 17.4. The standard InChI is InChI=1S/C54H59ClF4N6O8S4/c1-35(2)65-36(3)52(75(4,68)69)50(51(65)37-10-12-40(55)13-11-37)39-30-41(56)32-45(31-39)64-28-26-63(27-29-64)44-16-14-42(15-17-44)61-77(72,73)47-18-19-48(49(33-47)76(70,71)54(57,58)59)60-43(34-74-46-8-6-5-7-9-46)22-25-62-23-20-38(21-24-62)53(66)67/h5-19,30-33,35,38,43,60-61H,20-29,34H2,1-4H3,(H,66,67)/t43-/m1/s1. The Labute approximate surface area is 456 Å². The number of benzene rings is 5. The lowest BCUT2D eigenvalue weighted by atomic mass is 9.97. The van der Waals surface area contributed by atoms with E-state index in [2.05, 4.69) is 14.9 Å². The second kappa shape index (κ2) is 23.3. The molecule has 3 N–H and O–H groups in total. The summed E-state index contributed by atoms with van der Waals surface area (Å²) in [7, 11) is -14.6. The number of nitrogens with one attached hydrogen (secondary N) is 2. The van der Waals surface area contributed by atoms with Crippen molar-refractivity contribution in [3.63, 3.8) is 0 Å². The third kappa shape index (κ3) is 13.2. The largest absolute Gasteiger partial charge is 0.501 e. The van der Waals surface area contributed by atoms with E-state index in [9.17, 15) is 48.3 Å². The van der Waals surface area contributed by atoms with Crippen LogP contribution in [-0.2, 0) is 34.5 Å². The summed E-state index contributed by atoms with van der Waals surface area (Å²) >= 11 is 7.65. The first-order valence-corrected chi connectivity index (χ1v) is 31.0. The number of carboxylic acids is 1. The molecule has 3 heterocycles. The summed E-state index contributed by atoms with van der Waals surface area (Å²) < 4.78 is 144. The molecule has 14 nitrogen and oxygen atoms in total. The summed E-state index contributed by atoms with van der Waals surface area (Å²) in [5.74, 6) is -1.58. The van der Waals surface area contributed by atoms with Crippen LogP contribution in [0.15, 0.2) is 135 Å². The fourth-order valence-corrected chi connectivity index (χ4v) is 14.5. The highest BCUT2D eigenvalue weighted by Gasteiger charge is 2.48. The predicted octanol–water partition coefficient (Wildman–Crippen LogP) is 11.1. The normalized spacial score (nSPS) is 15.7. The van der Waals surface area contributed by atoms with Gasteiger partial charge in [-0.1, -0.05) is 41.9 Å². The Hall–Kier alpha value is -5.78. The molecule has 412 valence electrons. The molecule has 5 aromatic carbocycles. The van der Waals surface area contributed by atoms with Crippen LogP contribution in [0.3, 0.4) is 0 Å². The third-order valence-corrected chi connectivity index (χ3v) is 19.4. The van der Waals surface area contributed by atoms with Crippen LogP contribution < -0.4 is 19.8 Å². The van der Waals surface area contributed by atoms with Gasteiger partial charge in [0.2, 0.25) is 0 Å². The molecule has 8 rings (SSSR count). The minimum absolute atomic E-state index is 0.0560. The number of sulfonamides is 1. The Morgan fingerprint density at radius 3 is 2.00 bits per heavy atom. The van der Waals surface area contributed by atoms with Gasteiger partial charge in [-0.15, -0.1) is 11.8 Å². The quantitative estimate of drug-likeness (QED) is 0.0516. The van der Waals surface area contributed by atoms with Crippen LogP contribution in [0, 0.1) is 18.7 Å². The lowest BCUT2D eigenvalue weighted by Gasteiger charge is -2.37. The number of piperidine rings is 1. The number of carboxylic acid groups (broad SMARTS) is 1. The van der Waals surface area contributed by atoms with E-state index >= 15 is 4.39 Å². The summed E-state index contributed by atoms with van der Waals surface area (Å²) in [5, 5.41) is 12.9. The molecule has 0 amide bonds. The van der Waals surface area contributed by atoms with Gasteiger partial charge >= 0.3 is 11.5 Å². The number of piperazine rings is 1. The van der Waals surface area contributed by atoms with Crippen molar-refractivity contribution in [3.8, 4) is 22.4 Å².